The van der Waals surface area contributed by atoms with E-state index in [1.54, 1.807) is 0 Å². The van der Waals surface area contributed by atoms with Gasteiger partial charge in [-0.25, -0.2) is 0 Å². The van der Waals surface area contributed by atoms with E-state index < -0.39 is 0 Å². The van der Waals surface area contributed by atoms with Crippen molar-refractivity contribution in [3.8, 4) is 28.3 Å². The normalized spacial score (nSPS) is 15.4. The molecule has 110 valence electrons. The summed E-state index contributed by atoms with van der Waals surface area (Å²) in [7, 11) is 0. The van der Waals surface area contributed by atoms with Gasteiger partial charge in [-0.2, -0.15) is 5.10 Å². The lowest BCUT2D eigenvalue weighted by molar-refractivity contribution is 0.139. The van der Waals surface area contributed by atoms with E-state index in [0.29, 0.717) is 0 Å². The Morgan fingerprint density at radius 2 is 1.86 bits per heavy atom. The van der Waals surface area contributed by atoms with E-state index in [2.05, 4.69) is 60.4 Å². The first-order chi connectivity index (χ1) is 10.6. The minimum absolute atomic E-state index is 0.138. The molecule has 0 spiro atoms. The van der Waals surface area contributed by atoms with Crippen LogP contribution in [0.4, 0.5) is 0 Å². The van der Waals surface area contributed by atoms with Crippen molar-refractivity contribution >= 4 is 0 Å². The summed E-state index contributed by atoms with van der Waals surface area (Å²) in [5.74, 6) is 0.982. The number of nitrogens with one attached hydrogen (secondary N) is 1. The largest absolute Gasteiger partial charge is 0.487 e. The molecular weight excluding hydrogens is 272 g/mol. The summed E-state index contributed by atoms with van der Waals surface area (Å²) in [4.78, 5) is 0. The Bertz CT molecular complexity index is 818. The summed E-state index contributed by atoms with van der Waals surface area (Å²) in [6.45, 7) is 4.25. The molecule has 0 unspecified atom stereocenters. The Morgan fingerprint density at radius 1 is 1.05 bits per heavy atom. The third kappa shape index (κ3) is 2.19. The molecule has 0 radical (unpaired) electrons. The van der Waals surface area contributed by atoms with Crippen LogP contribution in [0, 0.1) is 0 Å². The van der Waals surface area contributed by atoms with Crippen LogP contribution in [0.25, 0.3) is 22.5 Å². The van der Waals surface area contributed by atoms with Crippen LogP contribution in [0.5, 0.6) is 5.75 Å². The number of para-hydroxylation sites is 1. The van der Waals surface area contributed by atoms with E-state index in [9.17, 15) is 0 Å². The summed E-state index contributed by atoms with van der Waals surface area (Å²) in [6, 6.07) is 18.6. The number of aromatic nitrogens is 2. The van der Waals surface area contributed by atoms with Gasteiger partial charge >= 0.3 is 0 Å². The van der Waals surface area contributed by atoms with Crippen molar-refractivity contribution in [2.75, 3.05) is 0 Å². The predicted molar refractivity (Wildman–Crippen MR) is 87.9 cm³/mol. The zero-order valence-corrected chi connectivity index (χ0v) is 12.8. The average Bonchev–Trinajstić information content (AvgIpc) is 3.10. The molecule has 3 heteroatoms. The van der Waals surface area contributed by atoms with Crippen LogP contribution in [0.2, 0.25) is 0 Å². The maximum absolute atomic E-state index is 6.15. The van der Waals surface area contributed by atoms with Gasteiger partial charge in [-0.05, 0) is 31.5 Å². The van der Waals surface area contributed by atoms with E-state index >= 15 is 0 Å². The van der Waals surface area contributed by atoms with Gasteiger partial charge in [0.15, 0.2) is 0 Å². The first-order valence-electron chi connectivity index (χ1n) is 7.54. The topological polar surface area (TPSA) is 37.9 Å². The van der Waals surface area contributed by atoms with Crippen molar-refractivity contribution in [2.45, 2.75) is 25.9 Å². The smallest absolute Gasteiger partial charge is 0.132 e. The third-order valence-electron chi connectivity index (χ3n) is 4.03. The van der Waals surface area contributed by atoms with Crippen molar-refractivity contribution in [2.24, 2.45) is 0 Å². The standard InChI is InChI=1S/C19H18N2O/c1-19(2)12-14-9-6-10-15(18(14)22-19)17-11-16(20-21-17)13-7-4-3-5-8-13/h3-11H,12H2,1-2H3,(H,20,21). The fraction of sp³-hybridized carbons (Fsp3) is 0.211. The first-order valence-corrected chi connectivity index (χ1v) is 7.54. The van der Waals surface area contributed by atoms with Crippen molar-refractivity contribution in [3.63, 3.8) is 0 Å². The second-order valence-corrected chi connectivity index (χ2v) is 6.37. The second-order valence-electron chi connectivity index (χ2n) is 6.37. The summed E-state index contributed by atoms with van der Waals surface area (Å²) >= 11 is 0. The van der Waals surface area contributed by atoms with Crippen LogP contribution in [0.15, 0.2) is 54.6 Å². The highest BCUT2D eigenvalue weighted by Gasteiger charge is 2.32. The van der Waals surface area contributed by atoms with Crippen LogP contribution in [0.3, 0.4) is 0 Å². The SMILES string of the molecule is CC1(C)Cc2cccc(-c3cc(-c4ccccc4)n[nH]3)c2O1. The Balaban J connectivity index is 1.76. The minimum atomic E-state index is -0.138. The van der Waals surface area contributed by atoms with Crippen LogP contribution in [-0.2, 0) is 6.42 Å². The van der Waals surface area contributed by atoms with Crippen LogP contribution in [0.1, 0.15) is 19.4 Å². The molecular formula is C19H18N2O. The highest BCUT2D eigenvalue weighted by atomic mass is 16.5. The van der Waals surface area contributed by atoms with Gasteiger partial charge in [0.25, 0.3) is 0 Å². The molecule has 1 N–H and O–H groups in total. The fourth-order valence-corrected chi connectivity index (χ4v) is 3.04. The van der Waals surface area contributed by atoms with Gasteiger partial charge in [0.2, 0.25) is 0 Å². The van der Waals surface area contributed by atoms with Crippen LogP contribution < -0.4 is 4.74 Å². The van der Waals surface area contributed by atoms with Crippen molar-refractivity contribution in [1.82, 2.24) is 10.2 Å². The van der Waals surface area contributed by atoms with Gasteiger partial charge in [0.1, 0.15) is 11.4 Å². The quantitative estimate of drug-likeness (QED) is 0.756. The summed E-state index contributed by atoms with van der Waals surface area (Å²) in [5.41, 5.74) is 5.26. The summed E-state index contributed by atoms with van der Waals surface area (Å²) < 4.78 is 6.15. The second kappa shape index (κ2) is 4.73. The molecule has 22 heavy (non-hydrogen) atoms. The number of ether oxygens (including phenoxy) is 1. The summed E-state index contributed by atoms with van der Waals surface area (Å²) in [6.07, 6.45) is 0.940. The number of H-pyrrole nitrogens is 1. The van der Waals surface area contributed by atoms with Crippen molar-refractivity contribution < 1.29 is 4.74 Å². The lowest BCUT2D eigenvalue weighted by Crippen LogP contribution is -2.24. The molecule has 4 rings (SSSR count). The number of hydrogen-bond donors (Lipinski definition) is 1. The van der Waals surface area contributed by atoms with Gasteiger partial charge < -0.3 is 4.74 Å². The number of fused-ring (bicyclic) bond motifs is 1. The molecule has 0 saturated heterocycles. The molecule has 0 aliphatic carbocycles. The van der Waals surface area contributed by atoms with E-state index in [4.69, 9.17) is 4.74 Å². The molecule has 0 bridgehead atoms. The number of benzene rings is 2. The molecule has 2 heterocycles. The molecule has 3 nitrogen and oxygen atoms in total. The number of nitrogens with zero attached hydrogens (tertiary/aromatic N) is 1. The maximum Gasteiger partial charge on any atom is 0.132 e. The molecule has 1 aliphatic heterocycles. The molecule has 0 atom stereocenters. The Hall–Kier alpha value is -2.55. The lowest BCUT2D eigenvalue weighted by atomic mass is 9.99. The van der Waals surface area contributed by atoms with Crippen molar-refractivity contribution in [1.29, 1.82) is 0 Å². The molecule has 0 saturated carbocycles. The van der Waals surface area contributed by atoms with Gasteiger partial charge in [0.05, 0.1) is 11.4 Å². The fourth-order valence-electron chi connectivity index (χ4n) is 3.04. The molecule has 1 aliphatic rings. The molecule has 3 aromatic rings. The Labute approximate surface area is 130 Å². The predicted octanol–water partition coefficient (Wildman–Crippen LogP) is 4.46. The highest BCUT2D eigenvalue weighted by Crippen LogP contribution is 2.42. The monoisotopic (exact) mass is 290 g/mol. The zero-order valence-electron chi connectivity index (χ0n) is 12.8. The minimum Gasteiger partial charge on any atom is -0.487 e. The van der Waals surface area contributed by atoms with Gasteiger partial charge in [-0.15, -0.1) is 0 Å². The van der Waals surface area contributed by atoms with E-state index in [0.717, 1.165) is 34.7 Å². The highest BCUT2D eigenvalue weighted by molar-refractivity contribution is 5.74. The zero-order chi connectivity index (χ0) is 15.2. The average molecular weight is 290 g/mol. The Morgan fingerprint density at radius 3 is 2.68 bits per heavy atom. The van der Waals surface area contributed by atoms with Crippen molar-refractivity contribution in [3.05, 3.63) is 60.2 Å². The van der Waals surface area contributed by atoms with E-state index in [1.807, 2.05) is 18.2 Å². The molecule has 0 amide bonds. The molecule has 1 aromatic heterocycles. The van der Waals surface area contributed by atoms with E-state index in [1.165, 1.54) is 5.56 Å². The van der Waals surface area contributed by atoms with Gasteiger partial charge in [-0.3, -0.25) is 5.10 Å². The Kier molecular flexibility index (Phi) is 2.83. The number of aromatic amines is 1. The molecule has 0 fully saturated rings. The maximum atomic E-state index is 6.15. The number of rotatable bonds is 2. The lowest BCUT2D eigenvalue weighted by Gasteiger charge is -2.17. The van der Waals surface area contributed by atoms with E-state index in [-0.39, 0.29) is 5.60 Å². The molecule has 2 aromatic carbocycles. The van der Waals surface area contributed by atoms with Gasteiger partial charge in [-0.1, -0.05) is 42.5 Å². The third-order valence-corrected chi connectivity index (χ3v) is 4.03. The summed E-state index contributed by atoms with van der Waals surface area (Å²) in [5, 5.41) is 7.59. The van der Waals surface area contributed by atoms with Crippen LogP contribution >= 0.6 is 0 Å². The number of hydrogen-bond acceptors (Lipinski definition) is 2. The van der Waals surface area contributed by atoms with Gasteiger partial charge in [0, 0.05) is 17.5 Å². The van der Waals surface area contributed by atoms with Crippen LogP contribution in [-0.4, -0.2) is 15.8 Å². The first kappa shape index (κ1) is 13.1.